The van der Waals surface area contributed by atoms with Gasteiger partial charge in [-0.3, -0.25) is 4.90 Å². The Morgan fingerprint density at radius 1 is 1.00 bits per heavy atom. The number of phenols is 1. The van der Waals surface area contributed by atoms with Crippen molar-refractivity contribution >= 4 is 40.0 Å². The van der Waals surface area contributed by atoms with Crippen LogP contribution in [-0.2, 0) is 10.9 Å². The summed E-state index contributed by atoms with van der Waals surface area (Å²) in [4.78, 5) is 26.4. The van der Waals surface area contributed by atoms with Gasteiger partial charge >= 0.3 is 12.3 Å². The standard InChI is InChI=1S/C31H42F3N7O5/c1-8-39(9-2)18-35-25-24-20(17-23(45-7)26(25)42)27(31(32,33)34)38-28(37-24)36-21-11-10-19(16-22(21)44-6)40-12-14-41(15-13-40)29(43)46-30(3,4)5/h10-11,16-17,35,42H,8-9,12-15,18H2,1-7H3,(H,36,37,38). The molecule has 0 radical (unpaired) electrons. The van der Waals surface area contributed by atoms with Crippen LogP contribution in [-0.4, -0.2) is 96.7 Å². The normalized spacial score (nSPS) is 14.1. The second-order valence-electron chi connectivity index (χ2n) is 11.7. The van der Waals surface area contributed by atoms with Crippen molar-refractivity contribution in [3.8, 4) is 17.2 Å². The molecule has 0 bridgehead atoms. The average Bonchev–Trinajstić information content (AvgIpc) is 3.01. The maximum atomic E-state index is 14.4. The summed E-state index contributed by atoms with van der Waals surface area (Å²) in [6.45, 7) is 13.0. The summed E-state index contributed by atoms with van der Waals surface area (Å²) in [6, 6.07) is 6.30. The minimum Gasteiger partial charge on any atom is -0.503 e. The lowest BCUT2D eigenvalue weighted by atomic mass is 10.1. The molecule has 0 spiro atoms. The first-order valence-corrected chi connectivity index (χ1v) is 15.0. The number of hydrogen-bond acceptors (Lipinski definition) is 11. The number of rotatable bonds is 10. The molecule has 1 aromatic heterocycles. The fraction of sp³-hybridized carbons (Fsp3) is 0.516. The van der Waals surface area contributed by atoms with Crippen molar-refractivity contribution in [2.75, 3.05) is 75.7 Å². The molecular formula is C31H42F3N7O5. The highest BCUT2D eigenvalue weighted by Gasteiger charge is 2.37. The van der Waals surface area contributed by atoms with Crippen LogP contribution in [0.25, 0.3) is 10.9 Å². The molecule has 15 heteroatoms. The van der Waals surface area contributed by atoms with Gasteiger partial charge in [-0.25, -0.2) is 14.8 Å². The van der Waals surface area contributed by atoms with Gasteiger partial charge in [0.1, 0.15) is 22.6 Å². The third-order valence-electron chi connectivity index (χ3n) is 7.52. The number of fused-ring (bicyclic) bond motifs is 1. The summed E-state index contributed by atoms with van der Waals surface area (Å²) in [6.07, 6.45) is -5.21. The summed E-state index contributed by atoms with van der Waals surface area (Å²) >= 11 is 0. The highest BCUT2D eigenvalue weighted by Crippen LogP contribution is 2.44. The number of piperazine rings is 1. The van der Waals surface area contributed by atoms with Crippen molar-refractivity contribution in [2.24, 2.45) is 0 Å². The molecule has 1 aliphatic rings. The number of aromatic hydroxyl groups is 1. The molecule has 4 rings (SSSR count). The van der Waals surface area contributed by atoms with Gasteiger partial charge in [-0.05, 0) is 52.1 Å². The van der Waals surface area contributed by atoms with Crippen molar-refractivity contribution in [1.82, 2.24) is 19.8 Å². The van der Waals surface area contributed by atoms with Crippen LogP contribution in [0.4, 0.5) is 41.0 Å². The number of nitrogens with zero attached hydrogens (tertiary/aromatic N) is 5. The number of carbonyl (C=O) groups is 1. The van der Waals surface area contributed by atoms with E-state index < -0.39 is 17.5 Å². The summed E-state index contributed by atoms with van der Waals surface area (Å²) in [7, 11) is 2.71. The van der Waals surface area contributed by atoms with Crippen LogP contribution >= 0.6 is 0 Å². The van der Waals surface area contributed by atoms with Gasteiger partial charge in [0.2, 0.25) is 5.95 Å². The Morgan fingerprint density at radius 3 is 2.22 bits per heavy atom. The van der Waals surface area contributed by atoms with Gasteiger partial charge in [0.25, 0.3) is 0 Å². The van der Waals surface area contributed by atoms with E-state index in [4.69, 9.17) is 14.2 Å². The maximum Gasteiger partial charge on any atom is 0.434 e. The van der Waals surface area contributed by atoms with Crippen molar-refractivity contribution in [2.45, 2.75) is 46.4 Å². The average molecular weight is 650 g/mol. The first kappa shape index (κ1) is 34.5. The van der Waals surface area contributed by atoms with Gasteiger partial charge in [-0.1, -0.05) is 13.8 Å². The Morgan fingerprint density at radius 2 is 1.65 bits per heavy atom. The Labute approximate surface area is 266 Å². The maximum absolute atomic E-state index is 14.4. The van der Waals surface area contributed by atoms with E-state index in [1.54, 1.807) is 23.1 Å². The second kappa shape index (κ2) is 13.9. The first-order valence-electron chi connectivity index (χ1n) is 15.0. The third kappa shape index (κ3) is 7.87. The monoisotopic (exact) mass is 649 g/mol. The van der Waals surface area contributed by atoms with Gasteiger partial charge in [-0.2, -0.15) is 13.2 Å². The van der Waals surface area contributed by atoms with Crippen molar-refractivity contribution in [1.29, 1.82) is 0 Å². The predicted molar refractivity (Wildman–Crippen MR) is 170 cm³/mol. The number of phenolic OH excluding ortho intramolecular Hbond substituents is 1. The molecule has 1 fully saturated rings. The topological polar surface area (TPSA) is 125 Å². The van der Waals surface area contributed by atoms with Crippen LogP contribution in [0, 0.1) is 0 Å². The highest BCUT2D eigenvalue weighted by molar-refractivity contribution is 5.98. The summed E-state index contributed by atoms with van der Waals surface area (Å²) < 4.78 is 59.4. The number of halogens is 3. The quantitative estimate of drug-likeness (QED) is 0.180. The molecule has 0 aliphatic carbocycles. The Hall–Kier alpha value is -4.40. The zero-order valence-corrected chi connectivity index (χ0v) is 27.2. The zero-order chi connectivity index (χ0) is 33.8. The number of ether oxygens (including phenoxy) is 3. The van der Waals surface area contributed by atoms with Crippen LogP contribution in [0.15, 0.2) is 24.3 Å². The van der Waals surface area contributed by atoms with Crippen LogP contribution in [0.2, 0.25) is 0 Å². The number of benzene rings is 2. The number of anilines is 4. The molecule has 2 aromatic carbocycles. The molecule has 0 atom stereocenters. The van der Waals surface area contributed by atoms with E-state index in [1.807, 2.05) is 39.5 Å². The van der Waals surface area contributed by atoms with Crippen molar-refractivity contribution in [3.05, 3.63) is 30.0 Å². The highest BCUT2D eigenvalue weighted by atomic mass is 19.4. The van der Waals surface area contributed by atoms with E-state index in [9.17, 15) is 23.1 Å². The van der Waals surface area contributed by atoms with Crippen LogP contribution in [0.3, 0.4) is 0 Å². The van der Waals surface area contributed by atoms with Crippen LogP contribution in [0.5, 0.6) is 17.2 Å². The fourth-order valence-electron chi connectivity index (χ4n) is 5.04. The minimum absolute atomic E-state index is 0.00923. The molecule has 12 nitrogen and oxygen atoms in total. The summed E-state index contributed by atoms with van der Waals surface area (Å²) in [5.41, 5.74) is -0.777. The largest absolute Gasteiger partial charge is 0.503 e. The molecule has 252 valence electrons. The number of nitrogens with one attached hydrogen (secondary N) is 2. The molecule has 3 aromatic rings. The van der Waals surface area contributed by atoms with E-state index >= 15 is 0 Å². The molecule has 1 aliphatic heterocycles. The van der Waals surface area contributed by atoms with E-state index in [0.29, 0.717) is 50.7 Å². The second-order valence-corrected chi connectivity index (χ2v) is 11.7. The zero-order valence-electron chi connectivity index (χ0n) is 27.2. The van der Waals surface area contributed by atoms with Crippen LogP contribution in [0.1, 0.15) is 40.3 Å². The smallest absolute Gasteiger partial charge is 0.434 e. The predicted octanol–water partition coefficient (Wildman–Crippen LogP) is 5.88. The molecule has 46 heavy (non-hydrogen) atoms. The van der Waals surface area contributed by atoms with Crippen LogP contribution < -0.4 is 25.0 Å². The number of hydrogen-bond donors (Lipinski definition) is 3. The molecular weight excluding hydrogens is 607 g/mol. The molecule has 2 heterocycles. The molecule has 1 saturated heterocycles. The van der Waals surface area contributed by atoms with Gasteiger partial charge < -0.3 is 39.8 Å². The van der Waals surface area contributed by atoms with Gasteiger partial charge in [0, 0.05) is 43.3 Å². The first-order chi connectivity index (χ1) is 21.7. The minimum atomic E-state index is -4.84. The Bertz CT molecular complexity index is 1540. The molecule has 0 saturated carbocycles. The lowest BCUT2D eigenvalue weighted by molar-refractivity contribution is -0.139. The Balaban J connectivity index is 1.66. The SMILES string of the molecule is CCN(CC)CNc1c(O)c(OC)cc2c(C(F)(F)F)nc(Nc3ccc(N4CCN(C(=O)OC(C)(C)C)CC4)cc3OC)nc12. The number of methoxy groups -OCH3 is 2. The van der Waals surface area contributed by atoms with E-state index in [0.717, 1.165) is 11.8 Å². The fourth-order valence-corrected chi connectivity index (χ4v) is 5.04. The Kier molecular flexibility index (Phi) is 10.4. The van der Waals surface area contributed by atoms with Crippen molar-refractivity contribution in [3.63, 3.8) is 0 Å². The van der Waals surface area contributed by atoms with E-state index in [2.05, 4.69) is 25.5 Å². The summed E-state index contributed by atoms with van der Waals surface area (Å²) in [5, 5.41) is 16.5. The lowest BCUT2D eigenvalue weighted by Gasteiger charge is -2.37. The number of alkyl halides is 3. The molecule has 0 unspecified atom stereocenters. The molecule has 1 amide bonds. The number of amides is 1. The van der Waals surface area contributed by atoms with Gasteiger partial charge in [0.15, 0.2) is 17.2 Å². The van der Waals surface area contributed by atoms with E-state index in [-0.39, 0.29) is 46.8 Å². The third-order valence-corrected chi connectivity index (χ3v) is 7.52. The van der Waals surface area contributed by atoms with Gasteiger partial charge in [-0.15, -0.1) is 0 Å². The van der Waals surface area contributed by atoms with Gasteiger partial charge in [0.05, 0.1) is 26.6 Å². The lowest BCUT2D eigenvalue weighted by Crippen LogP contribution is -2.50. The summed E-state index contributed by atoms with van der Waals surface area (Å²) in [5.74, 6) is -0.503. The molecule has 3 N–H and O–H groups in total. The number of aromatic nitrogens is 2. The van der Waals surface area contributed by atoms with Crippen molar-refractivity contribution < 1.29 is 37.3 Å². The van der Waals surface area contributed by atoms with E-state index in [1.165, 1.54) is 14.2 Å². The number of carbonyl (C=O) groups excluding carboxylic acids is 1.